The van der Waals surface area contributed by atoms with Gasteiger partial charge in [0, 0.05) is 11.5 Å². The molecule has 122 valence electrons. The van der Waals surface area contributed by atoms with Crippen molar-refractivity contribution in [2.45, 2.75) is 18.9 Å². The van der Waals surface area contributed by atoms with Gasteiger partial charge < -0.3 is 9.84 Å². The highest BCUT2D eigenvalue weighted by atomic mass is 16.6. The highest BCUT2D eigenvalue weighted by Crippen LogP contribution is 2.21. The molecule has 2 amide bonds. The van der Waals surface area contributed by atoms with Crippen LogP contribution in [0, 0.1) is 5.92 Å². The lowest BCUT2D eigenvalue weighted by Gasteiger charge is -2.23. The maximum Gasteiger partial charge on any atom is 0.416 e. The van der Waals surface area contributed by atoms with Crippen LogP contribution in [0.5, 0.6) is 0 Å². The van der Waals surface area contributed by atoms with Crippen molar-refractivity contribution >= 4 is 12.0 Å². The second-order valence-electron chi connectivity index (χ2n) is 5.25. The summed E-state index contributed by atoms with van der Waals surface area (Å²) in [5.74, 6) is -1.28. The van der Waals surface area contributed by atoms with Crippen LogP contribution in [-0.4, -0.2) is 47.8 Å². The number of carbonyl (C=O) groups is 2. The van der Waals surface area contributed by atoms with E-state index in [4.69, 9.17) is 10.3 Å². The van der Waals surface area contributed by atoms with Gasteiger partial charge in [-0.25, -0.2) is 9.69 Å². The first-order chi connectivity index (χ1) is 11.2. The first-order valence-electron chi connectivity index (χ1n) is 7.32. The minimum absolute atomic E-state index is 0.0830. The van der Waals surface area contributed by atoms with Gasteiger partial charge in [0.05, 0.1) is 18.6 Å². The van der Waals surface area contributed by atoms with E-state index in [0.29, 0.717) is 6.42 Å². The molecule has 0 radical (unpaired) electrons. The Labute approximate surface area is 133 Å². The molecule has 1 aliphatic heterocycles. The number of ether oxygens (including phenoxy) is 1. The number of rotatable bonds is 7. The number of carbonyl (C=O) groups excluding carboxylic acids is 2. The molecule has 1 aromatic carbocycles. The molecule has 1 fully saturated rings. The topological polar surface area (TPSA) is 116 Å². The van der Waals surface area contributed by atoms with Crippen LogP contribution >= 0.6 is 0 Å². The summed E-state index contributed by atoms with van der Waals surface area (Å²) >= 11 is 0. The van der Waals surface area contributed by atoms with Crippen LogP contribution in [0.2, 0.25) is 0 Å². The first-order valence-corrected chi connectivity index (χ1v) is 7.32. The summed E-state index contributed by atoms with van der Waals surface area (Å²) in [6.07, 6.45) is -0.0215. The lowest BCUT2D eigenvalue weighted by atomic mass is 10.0. The second-order valence-corrected chi connectivity index (χ2v) is 5.25. The molecule has 1 heterocycles. The standard InChI is InChI=1S/C15H18N4O4/c16-18-17-7-6-12(9-20)14(21)19-13(10-23-15(19)22)8-11-4-2-1-3-5-11/h1-5,12-13,20H,6-10H2/t12-,13+/m1/s1. The number of benzene rings is 1. The van der Waals surface area contributed by atoms with Crippen LogP contribution < -0.4 is 0 Å². The smallest absolute Gasteiger partial charge is 0.416 e. The Hall–Kier alpha value is -2.57. The van der Waals surface area contributed by atoms with Crippen LogP contribution in [-0.2, 0) is 16.0 Å². The number of azide groups is 1. The fourth-order valence-electron chi connectivity index (χ4n) is 2.51. The molecule has 0 bridgehead atoms. The minimum atomic E-state index is -0.788. The Kier molecular flexibility index (Phi) is 5.96. The molecule has 1 aliphatic rings. The minimum Gasteiger partial charge on any atom is -0.447 e. The predicted molar refractivity (Wildman–Crippen MR) is 81.3 cm³/mol. The van der Waals surface area contributed by atoms with Gasteiger partial charge in [-0.05, 0) is 23.9 Å². The second kappa shape index (κ2) is 8.17. The van der Waals surface area contributed by atoms with Gasteiger partial charge in [0.15, 0.2) is 0 Å². The van der Waals surface area contributed by atoms with Crippen LogP contribution in [0.1, 0.15) is 12.0 Å². The average Bonchev–Trinajstić information content (AvgIpc) is 2.92. The fourth-order valence-corrected chi connectivity index (χ4v) is 2.51. The summed E-state index contributed by atoms with van der Waals surface area (Å²) in [5, 5.41) is 12.7. The van der Waals surface area contributed by atoms with E-state index in [1.165, 1.54) is 0 Å². The Bertz CT molecular complexity index is 601. The number of nitrogens with zero attached hydrogens (tertiary/aromatic N) is 4. The third kappa shape index (κ3) is 4.21. The van der Waals surface area contributed by atoms with Crippen LogP contribution in [0.25, 0.3) is 10.4 Å². The molecule has 0 spiro atoms. The molecule has 0 saturated carbocycles. The molecular formula is C15H18N4O4. The predicted octanol–water partition coefficient (Wildman–Crippen LogP) is 1.89. The normalized spacial score (nSPS) is 18.2. The van der Waals surface area contributed by atoms with Gasteiger partial charge in [0.1, 0.15) is 6.61 Å². The van der Waals surface area contributed by atoms with E-state index in [1.807, 2.05) is 30.3 Å². The number of aliphatic hydroxyl groups excluding tert-OH is 1. The van der Waals surface area contributed by atoms with Crippen molar-refractivity contribution in [3.8, 4) is 0 Å². The third-order valence-electron chi connectivity index (χ3n) is 3.72. The van der Waals surface area contributed by atoms with Crippen molar-refractivity contribution < 1.29 is 19.4 Å². The zero-order chi connectivity index (χ0) is 16.7. The Morgan fingerprint density at radius 2 is 2.22 bits per heavy atom. The van der Waals surface area contributed by atoms with Gasteiger partial charge >= 0.3 is 6.09 Å². The molecule has 8 heteroatoms. The number of cyclic esters (lactones) is 1. The van der Waals surface area contributed by atoms with Crippen molar-refractivity contribution in [3.63, 3.8) is 0 Å². The summed E-state index contributed by atoms with van der Waals surface area (Å²) < 4.78 is 4.99. The SMILES string of the molecule is [N-]=[N+]=NCC[C@H](CO)C(=O)N1C(=O)OC[C@@H]1Cc1ccccc1. The first kappa shape index (κ1) is 16.8. The number of aliphatic hydroxyl groups is 1. The molecule has 8 nitrogen and oxygen atoms in total. The van der Waals surface area contributed by atoms with Gasteiger partial charge in [-0.1, -0.05) is 35.4 Å². The van der Waals surface area contributed by atoms with Crippen molar-refractivity contribution in [2.75, 3.05) is 19.8 Å². The largest absolute Gasteiger partial charge is 0.447 e. The van der Waals surface area contributed by atoms with E-state index in [0.717, 1.165) is 10.5 Å². The highest BCUT2D eigenvalue weighted by molar-refractivity contribution is 5.94. The molecule has 0 aliphatic carbocycles. The molecule has 0 aromatic heterocycles. The number of imide groups is 1. The molecule has 0 unspecified atom stereocenters. The molecule has 2 rings (SSSR count). The van der Waals surface area contributed by atoms with E-state index >= 15 is 0 Å². The number of hydrogen-bond acceptors (Lipinski definition) is 5. The summed E-state index contributed by atoms with van der Waals surface area (Å²) in [4.78, 5) is 28.1. The zero-order valence-electron chi connectivity index (χ0n) is 12.5. The van der Waals surface area contributed by atoms with Crippen LogP contribution in [0.15, 0.2) is 35.4 Å². The van der Waals surface area contributed by atoms with E-state index < -0.39 is 30.6 Å². The Morgan fingerprint density at radius 1 is 1.48 bits per heavy atom. The van der Waals surface area contributed by atoms with Crippen molar-refractivity contribution in [1.29, 1.82) is 0 Å². The summed E-state index contributed by atoms with van der Waals surface area (Å²) in [5.41, 5.74) is 9.27. The van der Waals surface area contributed by atoms with E-state index in [9.17, 15) is 14.7 Å². The molecule has 2 atom stereocenters. The lowest BCUT2D eigenvalue weighted by molar-refractivity contribution is -0.134. The fraction of sp³-hybridized carbons (Fsp3) is 0.467. The number of hydrogen-bond donors (Lipinski definition) is 1. The Morgan fingerprint density at radius 3 is 2.87 bits per heavy atom. The van der Waals surface area contributed by atoms with Gasteiger partial charge in [-0.15, -0.1) is 0 Å². The lowest BCUT2D eigenvalue weighted by Crippen LogP contribution is -2.44. The van der Waals surface area contributed by atoms with Gasteiger partial charge in [-0.3, -0.25) is 4.79 Å². The average molecular weight is 318 g/mol. The summed E-state index contributed by atoms with van der Waals surface area (Å²) in [7, 11) is 0. The molecule has 1 aromatic rings. The molecular weight excluding hydrogens is 300 g/mol. The van der Waals surface area contributed by atoms with Crippen molar-refractivity contribution in [1.82, 2.24) is 4.90 Å². The Balaban J connectivity index is 2.08. The third-order valence-corrected chi connectivity index (χ3v) is 3.72. The van der Waals surface area contributed by atoms with Gasteiger partial charge in [-0.2, -0.15) is 0 Å². The molecule has 23 heavy (non-hydrogen) atoms. The van der Waals surface area contributed by atoms with Crippen LogP contribution in [0.4, 0.5) is 4.79 Å². The van der Waals surface area contributed by atoms with Gasteiger partial charge in [0.2, 0.25) is 5.91 Å². The number of amides is 2. The van der Waals surface area contributed by atoms with Gasteiger partial charge in [0.25, 0.3) is 0 Å². The van der Waals surface area contributed by atoms with E-state index in [-0.39, 0.29) is 19.6 Å². The monoisotopic (exact) mass is 318 g/mol. The van der Waals surface area contributed by atoms with E-state index in [2.05, 4.69) is 10.0 Å². The van der Waals surface area contributed by atoms with Crippen molar-refractivity contribution in [2.24, 2.45) is 11.0 Å². The highest BCUT2D eigenvalue weighted by Gasteiger charge is 2.40. The maximum atomic E-state index is 12.5. The quantitative estimate of drug-likeness (QED) is 0.469. The summed E-state index contributed by atoms with van der Waals surface area (Å²) in [6.45, 7) is -0.199. The molecule has 1 N–H and O–H groups in total. The zero-order valence-corrected chi connectivity index (χ0v) is 12.5. The molecule has 1 saturated heterocycles. The maximum absolute atomic E-state index is 12.5. The summed E-state index contributed by atoms with van der Waals surface area (Å²) in [6, 6.07) is 9.09. The van der Waals surface area contributed by atoms with Crippen LogP contribution in [0.3, 0.4) is 0 Å². The van der Waals surface area contributed by atoms with Crippen molar-refractivity contribution in [3.05, 3.63) is 46.3 Å². The van der Waals surface area contributed by atoms with E-state index in [1.54, 1.807) is 0 Å².